The van der Waals surface area contributed by atoms with Crippen molar-refractivity contribution in [3.8, 4) is 0 Å². The summed E-state index contributed by atoms with van der Waals surface area (Å²) in [6.07, 6.45) is -2.35. The van der Waals surface area contributed by atoms with Crippen LogP contribution in [-0.4, -0.2) is 29.2 Å². The Balaban J connectivity index is 1.59. The van der Waals surface area contributed by atoms with Gasteiger partial charge in [0.25, 0.3) is 0 Å². The average molecular weight is 305 g/mol. The van der Waals surface area contributed by atoms with Gasteiger partial charge in [0.2, 0.25) is 11.8 Å². The fourth-order valence-corrected chi connectivity index (χ4v) is 2.18. The molecule has 1 aromatic heterocycles. The van der Waals surface area contributed by atoms with E-state index in [0.29, 0.717) is 43.1 Å². The zero-order valence-electron chi connectivity index (χ0n) is 11.0. The van der Waals surface area contributed by atoms with Crippen LogP contribution in [0.15, 0.2) is 16.3 Å². The number of hydrogen-bond acceptors (Lipinski definition) is 6. The van der Waals surface area contributed by atoms with Crippen molar-refractivity contribution >= 4 is 0 Å². The zero-order valence-corrected chi connectivity index (χ0v) is 11.0. The van der Waals surface area contributed by atoms with Crippen LogP contribution in [0.3, 0.4) is 0 Å². The molecule has 0 aromatic carbocycles. The SMILES string of the molecule is N[C@@H]1CC[C@@H](c2nnc([C@@H]3C/C3=C\OC(F)(F)F)o2)OC1. The average Bonchev–Trinajstić information content (AvgIpc) is 3.04. The predicted octanol–water partition coefficient (Wildman–Crippen LogP) is 2.16. The maximum Gasteiger partial charge on any atom is 0.572 e. The summed E-state index contributed by atoms with van der Waals surface area (Å²) in [7, 11) is 0. The van der Waals surface area contributed by atoms with Crippen LogP contribution in [0.5, 0.6) is 0 Å². The molecule has 3 atom stereocenters. The van der Waals surface area contributed by atoms with Gasteiger partial charge in [-0.2, -0.15) is 0 Å². The van der Waals surface area contributed by atoms with Gasteiger partial charge < -0.3 is 19.6 Å². The molecular formula is C12H14F3N3O3. The van der Waals surface area contributed by atoms with Crippen molar-refractivity contribution in [1.82, 2.24) is 10.2 Å². The van der Waals surface area contributed by atoms with Crippen molar-refractivity contribution in [2.75, 3.05) is 6.61 Å². The fraction of sp³-hybridized carbons (Fsp3) is 0.667. The quantitative estimate of drug-likeness (QED) is 0.862. The number of halogens is 3. The van der Waals surface area contributed by atoms with Gasteiger partial charge in [-0.15, -0.1) is 23.4 Å². The first-order valence-corrected chi connectivity index (χ1v) is 6.56. The molecule has 1 aliphatic heterocycles. The molecule has 0 spiro atoms. The second kappa shape index (κ2) is 5.30. The number of aromatic nitrogens is 2. The van der Waals surface area contributed by atoms with E-state index in [9.17, 15) is 13.2 Å². The molecule has 2 fully saturated rings. The van der Waals surface area contributed by atoms with Crippen molar-refractivity contribution < 1.29 is 27.1 Å². The van der Waals surface area contributed by atoms with Crippen LogP contribution in [-0.2, 0) is 9.47 Å². The number of nitrogens with two attached hydrogens (primary N) is 1. The van der Waals surface area contributed by atoms with Crippen LogP contribution in [0.4, 0.5) is 13.2 Å². The van der Waals surface area contributed by atoms with Crippen LogP contribution in [0.25, 0.3) is 0 Å². The van der Waals surface area contributed by atoms with Crippen molar-refractivity contribution in [3.63, 3.8) is 0 Å². The summed E-state index contributed by atoms with van der Waals surface area (Å²) in [4.78, 5) is 0. The number of nitrogens with zero attached hydrogens (tertiary/aromatic N) is 2. The molecule has 6 nitrogen and oxygen atoms in total. The van der Waals surface area contributed by atoms with Crippen LogP contribution in [0.2, 0.25) is 0 Å². The van der Waals surface area contributed by atoms with E-state index in [1.165, 1.54) is 0 Å². The summed E-state index contributed by atoms with van der Waals surface area (Å²) in [5, 5.41) is 7.76. The third-order valence-corrected chi connectivity index (χ3v) is 3.41. The lowest BCUT2D eigenvalue weighted by atomic mass is 10.1. The Labute approximate surface area is 118 Å². The molecule has 1 aromatic rings. The number of rotatable bonds is 3. The lowest BCUT2D eigenvalue weighted by Crippen LogP contribution is -2.32. The third kappa shape index (κ3) is 3.53. The molecule has 1 saturated heterocycles. The van der Waals surface area contributed by atoms with Crippen molar-refractivity contribution in [2.45, 2.75) is 43.7 Å². The lowest BCUT2D eigenvalue weighted by Gasteiger charge is -2.24. The van der Waals surface area contributed by atoms with Gasteiger partial charge in [0.15, 0.2) is 0 Å². The minimum Gasteiger partial charge on any atom is -0.422 e. The highest BCUT2D eigenvalue weighted by Crippen LogP contribution is 2.47. The number of hydrogen-bond donors (Lipinski definition) is 1. The van der Waals surface area contributed by atoms with Crippen molar-refractivity contribution in [3.05, 3.63) is 23.6 Å². The van der Waals surface area contributed by atoms with Crippen LogP contribution >= 0.6 is 0 Å². The summed E-state index contributed by atoms with van der Waals surface area (Å²) in [6, 6.07) is 0.0149. The highest BCUT2D eigenvalue weighted by atomic mass is 19.4. The lowest BCUT2D eigenvalue weighted by molar-refractivity contribution is -0.298. The fourth-order valence-electron chi connectivity index (χ4n) is 2.18. The van der Waals surface area contributed by atoms with Gasteiger partial charge in [-0.3, -0.25) is 0 Å². The molecule has 3 rings (SSSR count). The normalized spacial score (nSPS) is 31.4. The second-order valence-electron chi connectivity index (χ2n) is 5.15. The molecule has 21 heavy (non-hydrogen) atoms. The van der Waals surface area contributed by atoms with E-state index in [1.807, 2.05) is 0 Å². The maximum atomic E-state index is 11.9. The summed E-state index contributed by atoms with van der Waals surface area (Å²) in [5.41, 5.74) is 6.20. The van der Waals surface area contributed by atoms with Gasteiger partial charge in [0.1, 0.15) is 6.10 Å². The Hall–Kier alpha value is -1.61. The van der Waals surface area contributed by atoms with Gasteiger partial charge in [-0.1, -0.05) is 0 Å². The first-order valence-electron chi connectivity index (χ1n) is 6.56. The van der Waals surface area contributed by atoms with Gasteiger partial charge in [-0.25, -0.2) is 0 Å². The highest BCUT2D eigenvalue weighted by molar-refractivity contribution is 5.32. The minimum atomic E-state index is -4.67. The number of allylic oxidation sites excluding steroid dienone is 1. The topological polar surface area (TPSA) is 83.4 Å². The number of ether oxygens (including phenoxy) is 2. The molecule has 9 heteroatoms. The van der Waals surface area contributed by atoms with Crippen LogP contribution < -0.4 is 5.73 Å². The second-order valence-corrected chi connectivity index (χ2v) is 5.15. The molecule has 0 amide bonds. The number of alkyl halides is 3. The summed E-state index contributed by atoms with van der Waals surface area (Å²) >= 11 is 0. The van der Waals surface area contributed by atoms with Crippen LogP contribution in [0, 0.1) is 0 Å². The Morgan fingerprint density at radius 2 is 2.00 bits per heavy atom. The first-order chi connectivity index (χ1) is 9.92. The molecule has 0 unspecified atom stereocenters. The van der Waals surface area contributed by atoms with E-state index in [-0.39, 0.29) is 18.1 Å². The molecule has 116 valence electrons. The minimum absolute atomic E-state index is 0.0149. The van der Waals surface area contributed by atoms with E-state index in [1.54, 1.807) is 0 Å². The van der Waals surface area contributed by atoms with E-state index >= 15 is 0 Å². The molecule has 1 saturated carbocycles. The smallest absolute Gasteiger partial charge is 0.422 e. The largest absolute Gasteiger partial charge is 0.572 e. The molecule has 0 bridgehead atoms. The first kappa shape index (κ1) is 14.3. The molecule has 0 radical (unpaired) electrons. The Morgan fingerprint density at radius 1 is 1.24 bits per heavy atom. The van der Waals surface area contributed by atoms with E-state index in [0.717, 1.165) is 6.42 Å². The van der Waals surface area contributed by atoms with E-state index < -0.39 is 6.36 Å². The molecule has 2 heterocycles. The van der Waals surface area contributed by atoms with Gasteiger partial charge >= 0.3 is 6.36 Å². The zero-order chi connectivity index (χ0) is 15.0. The summed E-state index contributed by atoms with van der Waals surface area (Å²) in [5.74, 6) is 0.347. The van der Waals surface area contributed by atoms with Gasteiger partial charge in [0, 0.05) is 6.04 Å². The Bertz CT molecular complexity index is 535. The molecule has 1 aliphatic carbocycles. The molecule has 2 N–H and O–H groups in total. The van der Waals surface area contributed by atoms with Gasteiger partial charge in [-0.05, 0) is 24.8 Å². The maximum absolute atomic E-state index is 11.9. The van der Waals surface area contributed by atoms with E-state index in [2.05, 4.69) is 14.9 Å². The summed E-state index contributed by atoms with van der Waals surface area (Å²) in [6.45, 7) is 0.427. The standard InChI is InChI=1S/C12H14F3N3O3/c13-12(14,15)20-4-6-3-8(6)10-17-18-11(21-10)9-2-1-7(16)5-19-9/h4,7-9H,1-3,5,16H2/b6-4+/t7-,8-,9+/m1/s1. The van der Waals surface area contributed by atoms with E-state index in [4.69, 9.17) is 14.9 Å². The Kier molecular flexibility index (Phi) is 3.62. The Morgan fingerprint density at radius 3 is 2.67 bits per heavy atom. The van der Waals surface area contributed by atoms with Crippen molar-refractivity contribution in [1.29, 1.82) is 0 Å². The van der Waals surface area contributed by atoms with Crippen LogP contribution in [0.1, 0.15) is 43.1 Å². The monoisotopic (exact) mass is 305 g/mol. The molecule has 2 aliphatic rings. The predicted molar refractivity (Wildman–Crippen MR) is 62.8 cm³/mol. The highest BCUT2D eigenvalue weighted by Gasteiger charge is 2.39. The van der Waals surface area contributed by atoms with Crippen molar-refractivity contribution in [2.24, 2.45) is 5.73 Å². The third-order valence-electron chi connectivity index (χ3n) is 3.41. The van der Waals surface area contributed by atoms with Gasteiger partial charge in [0.05, 0.1) is 18.8 Å². The summed E-state index contributed by atoms with van der Waals surface area (Å²) < 4.78 is 50.3. The molecular weight excluding hydrogens is 291 g/mol.